The normalized spacial score (nSPS) is 13.3. The summed E-state index contributed by atoms with van der Waals surface area (Å²) in [5, 5.41) is 0. The molecule has 1 aromatic rings. The van der Waals surface area contributed by atoms with E-state index in [1.807, 2.05) is 0 Å². The molecule has 1 nitrogen and oxygen atoms in total. The van der Waals surface area contributed by atoms with Crippen LogP contribution in [0.1, 0.15) is 120 Å². The van der Waals surface area contributed by atoms with Crippen molar-refractivity contribution in [1.82, 2.24) is 0 Å². The van der Waals surface area contributed by atoms with E-state index in [1.165, 1.54) is 125 Å². The fourth-order valence-corrected chi connectivity index (χ4v) is 4.94. The van der Waals surface area contributed by atoms with Crippen molar-refractivity contribution in [3.05, 3.63) is 47.5 Å². The first-order valence-corrected chi connectivity index (χ1v) is 13.6. The van der Waals surface area contributed by atoms with Gasteiger partial charge in [-0.3, -0.25) is 0 Å². The van der Waals surface area contributed by atoms with Gasteiger partial charge in [0.05, 0.1) is 19.6 Å². The second-order valence-corrected chi connectivity index (χ2v) is 10.0. The van der Waals surface area contributed by atoms with Crippen LogP contribution in [-0.4, -0.2) is 24.1 Å². The third kappa shape index (κ3) is 11.9. The Hall–Kier alpha value is -1.08. The summed E-state index contributed by atoms with van der Waals surface area (Å²) >= 11 is 0. The molecule has 0 saturated carbocycles. The van der Waals surface area contributed by atoms with Crippen LogP contribution in [-0.2, 0) is 6.54 Å². The fourth-order valence-electron chi connectivity index (χ4n) is 4.94. The van der Waals surface area contributed by atoms with E-state index in [-0.39, 0.29) is 0 Å². The Bertz CT molecular complexity index is 576. The van der Waals surface area contributed by atoms with Crippen molar-refractivity contribution in [3.63, 3.8) is 0 Å². The zero-order chi connectivity index (χ0) is 22.8. The molecule has 0 amide bonds. The van der Waals surface area contributed by atoms with Crippen LogP contribution >= 0.6 is 0 Å². The van der Waals surface area contributed by atoms with E-state index < -0.39 is 0 Å². The highest BCUT2D eigenvalue weighted by atomic mass is 15.3. The molecule has 0 heterocycles. The Kier molecular flexibility index (Phi) is 15.8. The summed E-state index contributed by atoms with van der Waals surface area (Å²) in [4.78, 5) is 0. The van der Waals surface area contributed by atoms with Crippen LogP contribution in [0.2, 0.25) is 0 Å². The molecule has 0 radical (unpaired) electrons. The summed E-state index contributed by atoms with van der Waals surface area (Å²) in [5.74, 6) is 0. The fraction of sp³-hybridized carbons (Fsp3) is 0.733. The highest BCUT2D eigenvalue weighted by Crippen LogP contribution is 2.23. The molecule has 0 aliphatic heterocycles. The molecule has 0 aromatic heterocycles. The van der Waals surface area contributed by atoms with Crippen molar-refractivity contribution < 1.29 is 4.48 Å². The molecule has 1 unspecified atom stereocenters. The van der Waals surface area contributed by atoms with E-state index >= 15 is 0 Å². The van der Waals surface area contributed by atoms with E-state index in [4.69, 9.17) is 0 Å². The molecule has 0 saturated heterocycles. The minimum absolute atomic E-state index is 1.11. The molecule has 178 valence electrons. The largest absolute Gasteiger partial charge is 0.317 e. The van der Waals surface area contributed by atoms with Crippen LogP contribution < -0.4 is 0 Å². The van der Waals surface area contributed by atoms with Crippen LogP contribution in [0.5, 0.6) is 0 Å². The third-order valence-corrected chi connectivity index (χ3v) is 7.21. The molecule has 0 bridgehead atoms. The molecule has 1 aromatic carbocycles. The monoisotopic (exact) mass is 428 g/mol. The highest BCUT2D eigenvalue weighted by molar-refractivity contribution is 5.32. The number of hydrogen-bond acceptors (Lipinski definition) is 0. The second kappa shape index (κ2) is 17.5. The third-order valence-electron chi connectivity index (χ3n) is 7.21. The smallest absolute Gasteiger partial charge is 0.105 e. The lowest BCUT2D eigenvalue weighted by Crippen LogP contribution is -2.49. The van der Waals surface area contributed by atoms with Crippen molar-refractivity contribution >= 4 is 0 Å². The van der Waals surface area contributed by atoms with Crippen LogP contribution in [0.25, 0.3) is 0 Å². The maximum Gasteiger partial charge on any atom is 0.105 e. The van der Waals surface area contributed by atoms with Gasteiger partial charge in [-0.1, -0.05) is 103 Å². The average molecular weight is 429 g/mol. The van der Waals surface area contributed by atoms with E-state index in [0.29, 0.717) is 0 Å². The molecule has 0 aliphatic rings. The summed E-state index contributed by atoms with van der Waals surface area (Å²) in [5.41, 5.74) is 4.47. The first-order chi connectivity index (χ1) is 15.1. The van der Waals surface area contributed by atoms with Gasteiger partial charge in [-0.05, 0) is 56.7 Å². The van der Waals surface area contributed by atoms with Gasteiger partial charge in [-0.2, -0.15) is 0 Å². The lowest BCUT2D eigenvalue weighted by Gasteiger charge is -2.39. The SMILES string of the molecule is C=CC[N+](CCCCCC)(CCCCCCCCCCCC)Cc1cccc(C)c1C. The number of nitrogens with zero attached hydrogens (tertiary/aromatic N) is 1. The van der Waals surface area contributed by atoms with Crippen molar-refractivity contribution in [1.29, 1.82) is 0 Å². The Morgan fingerprint density at radius 1 is 0.710 bits per heavy atom. The Labute approximate surface area is 195 Å². The van der Waals surface area contributed by atoms with Crippen molar-refractivity contribution in [2.75, 3.05) is 19.6 Å². The Morgan fingerprint density at radius 3 is 1.71 bits per heavy atom. The first-order valence-electron chi connectivity index (χ1n) is 13.6. The Balaban J connectivity index is 2.60. The minimum atomic E-state index is 1.11. The zero-order valence-corrected chi connectivity index (χ0v) is 21.7. The summed E-state index contributed by atoms with van der Waals surface area (Å²) in [6, 6.07) is 6.87. The summed E-state index contributed by atoms with van der Waals surface area (Å²) in [7, 11) is 0. The number of quaternary nitrogens is 1. The molecule has 0 fully saturated rings. The molecular weight excluding hydrogens is 374 g/mol. The standard InChI is InChI=1S/C30H54N/c1-6-9-11-13-14-15-16-17-18-20-26-31(24-8-3,25-19-12-10-7-2)27-30-23-21-22-28(4)29(30)5/h8,21-23H,3,6-7,9-20,24-27H2,1-2,4-5H3/q+1. The maximum atomic E-state index is 4.16. The molecular formula is C30H54N+. The second-order valence-electron chi connectivity index (χ2n) is 10.0. The number of aryl methyl sites for hydroxylation is 1. The van der Waals surface area contributed by atoms with Gasteiger partial charge in [0.25, 0.3) is 0 Å². The molecule has 0 spiro atoms. The first kappa shape index (κ1) is 28.0. The van der Waals surface area contributed by atoms with Gasteiger partial charge in [0, 0.05) is 5.56 Å². The van der Waals surface area contributed by atoms with Crippen LogP contribution in [0, 0.1) is 13.8 Å². The van der Waals surface area contributed by atoms with Crippen molar-refractivity contribution in [3.8, 4) is 0 Å². The van der Waals surface area contributed by atoms with Gasteiger partial charge >= 0.3 is 0 Å². The van der Waals surface area contributed by atoms with E-state index in [9.17, 15) is 0 Å². The number of hydrogen-bond donors (Lipinski definition) is 0. The molecule has 31 heavy (non-hydrogen) atoms. The van der Waals surface area contributed by atoms with Gasteiger partial charge < -0.3 is 4.48 Å². The highest BCUT2D eigenvalue weighted by Gasteiger charge is 2.26. The van der Waals surface area contributed by atoms with E-state index in [2.05, 4.69) is 58.5 Å². The lowest BCUT2D eigenvalue weighted by molar-refractivity contribution is -0.936. The summed E-state index contributed by atoms with van der Waals surface area (Å²) in [6.45, 7) is 18.2. The van der Waals surface area contributed by atoms with Crippen LogP contribution in [0.3, 0.4) is 0 Å². The topological polar surface area (TPSA) is 0 Å². The number of benzene rings is 1. The van der Waals surface area contributed by atoms with Crippen LogP contribution in [0.4, 0.5) is 0 Å². The van der Waals surface area contributed by atoms with E-state index in [0.717, 1.165) is 6.54 Å². The average Bonchev–Trinajstić information content (AvgIpc) is 2.76. The predicted octanol–water partition coefficient (Wildman–Crippen LogP) is 9.31. The number of rotatable bonds is 20. The number of unbranched alkanes of at least 4 members (excludes halogenated alkanes) is 12. The van der Waals surface area contributed by atoms with E-state index in [1.54, 1.807) is 5.56 Å². The van der Waals surface area contributed by atoms with Gasteiger partial charge in [-0.15, -0.1) is 0 Å². The molecule has 1 heteroatoms. The molecule has 1 atom stereocenters. The zero-order valence-electron chi connectivity index (χ0n) is 21.7. The predicted molar refractivity (Wildman–Crippen MR) is 141 cm³/mol. The quantitative estimate of drug-likeness (QED) is 0.110. The van der Waals surface area contributed by atoms with Crippen molar-refractivity contribution in [2.24, 2.45) is 0 Å². The van der Waals surface area contributed by atoms with Gasteiger partial charge in [0.15, 0.2) is 0 Å². The van der Waals surface area contributed by atoms with Gasteiger partial charge in [0.2, 0.25) is 0 Å². The van der Waals surface area contributed by atoms with Gasteiger partial charge in [-0.25, -0.2) is 0 Å². The molecule has 0 N–H and O–H groups in total. The maximum absolute atomic E-state index is 4.16. The summed E-state index contributed by atoms with van der Waals surface area (Å²) < 4.78 is 1.20. The minimum Gasteiger partial charge on any atom is -0.317 e. The summed E-state index contributed by atoms with van der Waals surface area (Å²) in [6.07, 6.45) is 21.7. The van der Waals surface area contributed by atoms with Crippen LogP contribution in [0.15, 0.2) is 30.9 Å². The van der Waals surface area contributed by atoms with Gasteiger partial charge in [0.1, 0.15) is 6.54 Å². The molecule has 1 rings (SSSR count). The Morgan fingerprint density at radius 2 is 1.19 bits per heavy atom. The molecule has 0 aliphatic carbocycles. The lowest BCUT2D eigenvalue weighted by atomic mass is 10.0. The van der Waals surface area contributed by atoms with Crippen molar-refractivity contribution in [2.45, 2.75) is 124 Å².